The van der Waals surface area contributed by atoms with Crippen LogP contribution in [-0.4, -0.2) is 35.0 Å². The van der Waals surface area contributed by atoms with Crippen LogP contribution in [0.5, 0.6) is 5.88 Å². The second kappa shape index (κ2) is 9.01. The minimum Gasteiger partial charge on any atom is -0.466 e. The average molecular weight is 443 g/mol. The fourth-order valence-electron chi connectivity index (χ4n) is 2.46. The maximum Gasteiger partial charge on any atom is 0.229 e. The first-order valence-corrected chi connectivity index (χ1v) is 9.87. The standard InChI is InChI=1S/C21H23BrN4O2/c1-5-26(4)13-23-18-11-17(22)21(24-14(18)2)27-15(3)20-12-19(25-28-20)16-9-7-6-8-10-16/h6-13,15H,5H2,1-4H3. The van der Waals surface area contributed by atoms with Crippen LogP contribution in [0, 0.1) is 6.92 Å². The Morgan fingerprint density at radius 1 is 1.29 bits per heavy atom. The molecule has 0 fully saturated rings. The molecule has 0 saturated carbocycles. The summed E-state index contributed by atoms with van der Waals surface area (Å²) < 4.78 is 12.2. The largest absolute Gasteiger partial charge is 0.466 e. The average Bonchev–Trinajstić information content (AvgIpc) is 3.20. The van der Waals surface area contributed by atoms with Crippen LogP contribution < -0.4 is 4.74 Å². The molecule has 0 N–H and O–H groups in total. The van der Waals surface area contributed by atoms with Gasteiger partial charge in [-0.25, -0.2) is 9.98 Å². The van der Waals surface area contributed by atoms with Gasteiger partial charge in [0, 0.05) is 25.2 Å². The van der Waals surface area contributed by atoms with Gasteiger partial charge in [0.1, 0.15) is 5.69 Å². The van der Waals surface area contributed by atoms with Crippen molar-refractivity contribution in [1.82, 2.24) is 15.0 Å². The lowest BCUT2D eigenvalue weighted by atomic mass is 10.1. The maximum atomic E-state index is 6.01. The molecule has 146 valence electrons. The van der Waals surface area contributed by atoms with Crippen LogP contribution in [0.25, 0.3) is 11.3 Å². The molecule has 2 heterocycles. The minimum absolute atomic E-state index is 0.339. The lowest BCUT2D eigenvalue weighted by molar-refractivity contribution is 0.174. The van der Waals surface area contributed by atoms with E-state index in [2.05, 4.69) is 38.0 Å². The Kier molecular flexibility index (Phi) is 6.46. The smallest absolute Gasteiger partial charge is 0.229 e. The van der Waals surface area contributed by atoms with Crippen molar-refractivity contribution < 1.29 is 9.26 Å². The lowest BCUT2D eigenvalue weighted by Gasteiger charge is -2.14. The summed E-state index contributed by atoms with van der Waals surface area (Å²) >= 11 is 3.53. The monoisotopic (exact) mass is 442 g/mol. The van der Waals surface area contributed by atoms with Gasteiger partial charge < -0.3 is 14.2 Å². The third-order valence-corrected chi connectivity index (χ3v) is 4.86. The number of rotatable bonds is 7. The highest BCUT2D eigenvalue weighted by atomic mass is 79.9. The molecular weight excluding hydrogens is 420 g/mol. The Labute approximate surface area is 173 Å². The van der Waals surface area contributed by atoms with Gasteiger partial charge in [0.25, 0.3) is 0 Å². The highest BCUT2D eigenvalue weighted by molar-refractivity contribution is 9.10. The predicted molar refractivity (Wildman–Crippen MR) is 114 cm³/mol. The van der Waals surface area contributed by atoms with Gasteiger partial charge >= 0.3 is 0 Å². The molecule has 0 aliphatic rings. The summed E-state index contributed by atoms with van der Waals surface area (Å²) in [6.07, 6.45) is 1.45. The van der Waals surface area contributed by atoms with Crippen LogP contribution in [0.4, 0.5) is 5.69 Å². The van der Waals surface area contributed by atoms with Gasteiger partial charge in [-0.2, -0.15) is 0 Å². The number of aromatic nitrogens is 2. The van der Waals surface area contributed by atoms with E-state index in [0.29, 0.717) is 11.6 Å². The minimum atomic E-state index is -0.339. The van der Waals surface area contributed by atoms with Crippen molar-refractivity contribution in [3.63, 3.8) is 0 Å². The van der Waals surface area contributed by atoms with Crippen molar-refractivity contribution in [3.8, 4) is 17.1 Å². The van der Waals surface area contributed by atoms with Crippen LogP contribution in [0.2, 0.25) is 0 Å². The molecule has 0 saturated heterocycles. The number of ether oxygens (including phenoxy) is 1. The van der Waals surface area contributed by atoms with E-state index in [1.165, 1.54) is 0 Å². The number of hydrogen-bond acceptors (Lipinski definition) is 5. The summed E-state index contributed by atoms with van der Waals surface area (Å²) in [4.78, 5) is 11.0. The molecule has 1 atom stereocenters. The summed E-state index contributed by atoms with van der Waals surface area (Å²) in [6.45, 7) is 6.77. The highest BCUT2D eigenvalue weighted by Crippen LogP contribution is 2.33. The molecule has 6 nitrogen and oxygen atoms in total. The molecule has 0 radical (unpaired) electrons. The van der Waals surface area contributed by atoms with E-state index in [1.807, 2.05) is 68.3 Å². The fourth-order valence-corrected chi connectivity index (χ4v) is 2.86. The molecule has 1 unspecified atom stereocenters. The molecule has 0 aliphatic carbocycles. The molecular formula is C21H23BrN4O2. The van der Waals surface area contributed by atoms with Crippen LogP contribution in [0.3, 0.4) is 0 Å². The summed E-state index contributed by atoms with van der Waals surface area (Å²) in [5.74, 6) is 1.13. The molecule has 3 aromatic rings. The zero-order valence-electron chi connectivity index (χ0n) is 16.4. The highest BCUT2D eigenvalue weighted by Gasteiger charge is 2.18. The maximum absolute atomic E-state index is 6.01. The Morgan fingerprint density at radius 3 is 2.75 bits per heavy atom. The fraction of sp³-hybridized carbons (Fsp3) is 0.286. The molecule has 1 aromatic carbocycles. The summed E-state index contributed by atoms with van der Waals surface area (Å²) in [6, 6.07) is 13.7. The van der Waals surface area contributed by atoms with Gasteiger partial charge in [0.15, 0.2) is 11.9 Å². The number of hydrogen-bond donors (Lipinski definition) is 0. The number of benzene rings is 1. The van der Waals surface area contributed by atoms with Crippen molar-refractivity contribution in [2.24, 2.45) is 4.99 Å². The Bertz CT molecular complexity index is 956. The SMILES string of the molecule is CCN(C)C=Nc1cc(Br)c(OC(C)c2cc(-c3ccccc3)no2)nc1C. The number of pyridine rings is 1. The molecule has 0 bridgehead atoms. The van der Waals surface area contributed by atoms with Crippen molar-refractivity contribution in [2.75, 3.05) is 13.6 Å². The normalized spacial score (nSPS) is 12.3. The first kappa shape index (κ1) is 20.1. The first-order valence-electron chi connectivity index (χ1n) is 9.08. The van der Waals surface area contributed by atoms with E-state index in [0.717, 1.165) is 33.7 Å². The summed E-state index contributed by atoms with van der Waals surface area (Å²) in [7, 11) is 1.97. The molecule has 2 aromatic heterocycles. The van der Waals surface area contributed by atoms with Crippen LogP contribution >= 0.6 is 15.9 Å². The van der Waals surface area contributed by atoms with E-state index in [4.69, 9.17) is 9.26 Å². The number of halogens is 1. The van der Waals surface area contributed by atoms with E-state index in [-0.39, 0.29) is 6.10 Å². The first-order chi connectivity index (χ1) is 13.5. The summed E-state index contributed by atoms with van der Waals surface area (Å²) in [5.41, 5.74) is 3.35. The van der Waals surface area contributed by atoms with Crippen molar-refractivity contribution in [3.05, 3.63) is 58.4 Å². The van der Waals surface area contributed by atoms with Crippen LogP contribution in [-0.2, 0) is 0 Å². The van der Waals surface area contributed by atoms with Gasteiger partial charge in [-0.15, -0.1) is 0 Å². The lowest BCUT2D eigenvalue weighted by Crippen LogP contribution is -2.14. The summed E-state index contributed by atoms with van der Waals surface area (Å²) in [5, 5.41) is 4.14. The second-order valence-electron chi connectivity index (χ2n) is 6.44. The molecule has 3 rings (SSSR count). The molecule has 28 heavy (non-hydrogen) atoms. The zero-order valence-corrected chi connectivity index (χ0v) is 18.0. The molecule has 0 spiro atoms. The van der Waals surface area contributed by atoms with Crippen molar-refractivity contribution >= 4 is 28.0 Å². The van der Waals surface area contributed by atoms with E-state index >= 15 is 0 Å². The second-order valence-corrected chi connectivity index (χ2v) is 7.29. The predicted octanol–water partition coefficient (Wildman–Crippen LogP) is 5.56. The van der Waals surface area contributed by atoms with Gasteiger partial charge in [0.05, 0.1) is 22.2 Å². The van der Waals surface area contributed by atoms with Crippen molar-refractivity contribution in [1.29, 1.82) is 0 Å². The molecule has 7 heteroatoms. The van der Waals surface area contributed by atoms with Crippen LogP contribution in [0.15, 0.2) is 56.5 Å². The topological polar surface area (TPSA) is 63.8 Å². The Hall–Kier alpha value is -2.67. The van der Waals surface area contributed by atoms with Gasteiger partial charge in [-0.1, -0.05) is 35.5 Å². The Balaban J connectivity index is 1.75. The van der Waals surface area contributed by atoms with E-state index in [9.17, 15) is 0 Å². The van der Waals surface area contributed by atoms with Crippen molar-refractivity contribution in [2.45, 2.75) is 26.9 Å². The number of aliphatic imine (C=N–C) groups is 1. The van der Waals surface area contributed by atoms with Gasteiger partial charge in [0.2, 0.25) is 5.88 Å². The van der Waals surface area contributed by atoms with Gasteiger partial charge in [-0.3, -0.25) is 0 Å². The van der Waals surface area contributed by atoms with Gasteiger partial charge in [-0.05, 0) is 42.8 Å². The molecule has 0 amide bonds. The third-order valence-electron chi connectivity index (χ3n) is 4.29. The van der Waals surface area contributed by atoms with Crippen LogP contribution in [0.1, 0.15) is 31.4 Å². The molecule has 0 aliphatic heterocycles. The third kappa shape index (κ3) is 4.78. The Morgan fingerprint density at radius 2 is 2.04 bits per heavy atom. The number of nitrogens with zero attached hydrogens (tertiary/aromatic N) is 4. The number of aryl methyl sites for hydroxylation is 1. The zero-order chi connectivity index (χ0) is 20.1. The van der Waals surface area contributed by atoms with E-state index in [1.54, 1.807) is 6.34 Å². The van der Waals surface area contributed by atoms with E-state index < -0.39 is 0 Å². The quantitative estimate of drug-likeness (QED) is 0.354.